The van der Waals surface area contributed by atoms with Crippen LogP contribution in [0, 0.1) is 6.92 Å². The molecule has 1 unspecified atom stereocenters. The first kappa shape index (κ1) is 25.2. The van der Waals surface area contributed by atoms with Crippen molar-refractivity contribution in [3.63, 3.8) is 0 Å². The summed E-state index contributed by atoms with van der Waals surface area (Å²) in [4.78, 5) is 55.5. The molecular formula is C22H23ClN4O6S. The topological polar surface area (TPSA) is 139 Å². The van der Waals surface area contributed by atoms with Crippen molar-refractivity contribution < 1.29 is 23.9 Å². The number of esters is 2. The lowest BCUT2D eigenvalue weighted by atomic mass is 10.1. The van der Waals surface area contributed by atoms with Crippen molar-refractivity contribution in [2.24, 2.45) is 0 Å². The predicted molar refractivity (Wildman–Crippen MR) is 128 cm³/mol. The molecule has 34 heavy (non-hydrogen) atoms. The number of nitrogens with zero attached hydrogens (tertiary/aromatic N) is 1. The van der Waals surface area contributed by atoms with Crippen molar-refractivity contribution in [1.29, 1.82) is 0 Å². The van der Waals surface area contributed by atoms with Gasteiger partial charge in [-0.3, -0.25) is 14.4 Å². The van der Waals surface area contributed by atoms with E-state index in [1.54, 1.807) is 31.2 Å². The highest BCUT2D eigenvalue weighted by Gasteiger charge is 2.24. The van der Waals surface area contributed by atoms with Gasteiger partial charge in [0, 0.05) is 13.0 Å². The number of rotatable bonds is 9. The summed E-state index contributed by atoms with van der Waals surface area (Å²) in [6.07, 6.45) is 0.00772. The van der Waals surface area contributed by atoms with Crippen molar-refractivity contribution >= 4 is 56.7 Å². The second kappa shape index (κ2) is 11.1. The van der Waals surface area contributed by atoms with Gasteiger partial charge in [0.1, 0.15) is 11.9 Å². The minimum Gasteiger partial charge on any atom is -0.469 e. The molecule has 1 aromatic carbocycles. The van der Waals surface area contributed by atoms with Crippen molar-refractivity contribution in [3.8, 4) is 0 Å². The summed E-state index contributed by atoms with van der Waals surface area (Å²) in [5, 5.41) is 7.07. The molecule has 0 radical (unpaired) electrons. The average Bonchev–Trinajstić information content (AvgIpc) is 3.29. The number of halogens is 1. The van der Waals surface area contributed by atoms with Crippen LogP contribution in [0.4, 0.5) is 5.00 Å². The number of fused-ring (bicyclic) bond motifs is 1. The lowest BCUT2D eigenvalue weighted by Crippen LogP contribution is -2.41. The molecule has 0 saturated carbocycles. The number of hydrogen-bond donors (Lipinski definition) is 3. The van der Waals surface area contributed by atoms with Gasteiger partial charge >= 0.3 is 11.9 Å². The van der Waals surface area contributed by atoms with E-state index >= 15 is 0 Å². The number of nitrogens with one attached hydrogen (secondary N) is 3. The van der Waals surface area contributed by atoms with Gasteiger partial charge in [-0.25, -0.2) is 9.78 Å². The Bertz CT molecular complexity index is 1290. The Morgan fingerprint density at radius 2 is 1.94 bits per heavy atom. The molecule has 0 fully saturated rings. The van der Waals surface area contributed by atoms with Crippen LogP contribution in [0.3, 0.4) is 0 Å². The van der Waals surface area contributed by atoms with E-state index in [0.29, 0.717) is 43.7 Å². The van der Waals surface area contributed by atoms with Crippen molar-refractivity contribution in [2.75, 3.05) is 19.5 Å². The molecule has 180 valence electrons. The molecule has 0 spiro atoms. The molecule has 3 aromatic rings. The third-order valence-electron chi connectivity index (χ3n) is 4.95. The van der Waals surface area contributed by atoms with E-state index in [0.717, 1.165) is 0 Å². The lowest BCUT2D eigenvalue weighted by Gasteiger charge is -2.15. The first-order valence-electron chi connectivity index (χ1n) is 10.2. The molecule has 0 saturated heterocycles. The van der Waals surface area contributed by atoms with Gasteiger partial charge < -0.3 is 25.1 Å². The molecule has 1 atom stereocenters. The molecule has 10 nitrogen and oxygen atoms in total. The maximum Gasteiger partial charge on any atom is 0.328 e. The third kappa shape index (κ3) is 5.91. The number of ether oxygens (including phenoxy) is 2. The Morgan fingerprint density at radius 3 is 2.65 bits per heavy atom. The molecule has 0 bridgehead atoms. The molecular weight excluding hydrogens is 484 g/mol. The van der Waals surface area contributed by atoms with Crippen LogP contribution < -0.4 is 16.2 Å². The normalized spacial score (nSPS) is 11.6. The fraction of sp³-hybridized carbons (Fsp3) is 0.318. The molecule has 3 rings (SSSR count). The van der Waals surface area contributed by atoms with Gasteiger partial charge in [-0.05, 0) is 37.1 Å². The van der Waals surface area contributed by atoms with Gasteiger partial charge in [0.25, 0.3) is 11.5 Å². The highest BCUT2D eigenvalue weighted by atomic mass is 35.5. The number of carbonyl (C=O) groups is 3. The third-order valence-corrected chi connectivity index (χ3v) is 6.42. The number of aromatic amines is 1. The monoisotopic (exact) mass is 506 g/mol. The highest BCUT2D eigenvalue weighted by Crippen LogP contribution is 2.27. The molecule has 0 aliphatic rings. The Morgan fingerprint density at radius 1 is 1.18 bits per heavy atom. The summed E-state index contributed by atoms with van der Waals surface area (Å²) < 4.78 is 9.28. The van der Waals surface area contributed by atoms with Crippen molar-refractivity contribution in [3.05, 3.63) is 55.9 Å². The van der Waals surface area contributed by atoms with Gasteiger partial charge in [-0.1, -0.05) is 17.7 Å². The smallest absolute Gasteiger partial charge is 0.328 e. The average molecular weight is 507 g/mol. The van der Waals surface area contributed by atoms with Crippen LogP contribution in [0.2, 0.25) is 5.02 Å². The number of aromatic nitrogens is 2. The van der Waals surface area contributed by atoms with Crippen LogP contribution in [0.5, 0.6) is 0 Å². The predicted octanol–water partition coefficient (Wildman–Crippen LogP) is 2.78. The summed E-state index contributed by atoms with van der Waals surface area (Å²) in [5.41, 5.74) is 0.896. The van der Waals surface area contributed by atoms with Gasteiger partial charge in [0.05, 0.1) is 40.0 Å². The van der Waals surface area contributed by atoms with E-state index < -0.39 is 23.9 Å². The van der Waals surface area contributed by atoms with E-state index in [1.807, 2.05) is 0 Å². The summed E-state index contributed by atoms with van der Waals surface area (Å²) in [7, 11) is 2.45. The molecule has 2 heterocycles. The van der Waals surface area contributed by atoms with E-state index in [9.17, 15) is 19.2 Å². The largest absolute Gasteiger partial charge is 0.469 e. The number of methoxy groups -OCH3 is 2. The van der Waals surface area contributed by atoms with E-state index in [2.05, 4.69) is 25.3 Å². The van der Waals surface area contributed by atoms with E-state index in [1.165, 1.54) is 25.6 Å². The van der Waals surface area contributed by atoms with Crippen LogP contribution >= 0.6 is 22.9 Å². The van der Waals surface area contributed by atoms with Crippen molar-refractivity contribution in [1.82, 2.24) is 15.3 Å². The van der Waals surface area contributed by atoms with Gasteiger partial charge in [-0.2, -0.15) is 0 Å². The molecule has 0 aliphatic heterocycles. The number of anilines is 1. The summed E-state index contributed by atoms with van der Waals surface area (Å²) >= 11 is 7.62. The zero-order valence-electron chi connectivity index (χ0n) is 18.7. The number of benzene rings is 1. The number of aryl methyl sites for hydroxylation is 1. The van der Waals surface area contributed by atoms with Crippen LogP contribution in [0.25, 0.3) is 10.9 Å². The van der Waals surface area contributed by atoms with Crippen LogP contribution in [0.1, 0.15) is 33.9 Å². The highest BCUT2D eigenvalue weighted by molar-refractivity contribution is 7.17. The van der Waals surface area contributed by atoms with Gasteiger partial charge in [0.2, 0.25) is 0 Å². The number of carbonyl (C=O) groups excluding carboxylic acids is 3. The zero-order valence-corrected chi connectivity index (χ0v) is 20.3. The Kier molecular flexibility index (Phi) is 8.24. The second-order valence-electron chi connectivity index (χ2n) is 7.27. The standard InChI is InChI=1S/C22H23ClN4O6S/c1-11-25-13-5-4-12(19(23)18(13)21(30)26-11)10-24-16-8-7-15(34-16)20(29)27-14(22(31)33-3)6-9-17(28)32-2/h4-5,7-8,14,24H,6,9-10H2,1-3H3,(H,27,29)(H,25,26,30). The fourth-order valence-electron chi connectivity index (χ4n) is 3.21. The van der Waals surface area contributed by atoms with E-state index in [-0.39, 0.29) is 18.4 Å². The van der Waals surface area contributed by atoms with Crippen LogP contribution in [-0.2, 0) is 25.6 Å². The Labute approximate surface area is 203 Å². The number of H-pyrrole nitrogens is 1. The molecule has 2 aromatic heterocycles. The fourth-order valence-corrected chi connectivity index (χ4v) is 4.33. The van der Waals surface area contributed by atoms with Crippen LogP contribution in [0.15, 0.2) is 29.1 Å². The minimum atomic E-state index is -0.984. The maximum atomic E-state index is 12.6. The first-order valence-corrected chi connectivity index (χ1v) is 11.4. The molecule has 12 heteroatoms. The first-order chi connectivity index (χ1) is 16.2. The number of hydrogen-bond acceptors (Lipinski definition) is 9. The summed E-state index contributed by atoms with van der Waals surface area (Å²) in [6, 6.07) is 5.86. The van der Waals surface area contributed by atoms with Gasteiger partial charge in [0.15, 0.2) is 0 Å². The van der Waals surface area contributed by atoms with E-state index in [4.69, 9.17) is 16.3 Å². The lowest BCUT2D eigenvalue weighted by molar-refractivity contribution is -0.144. The number of amides is 1. The molecule has 1 amide bonds. The summed E-state index contributed by atoms with van der Waals surface area (Å²) in [5.74, 6) is -1.12. The molecule has 3 N–H and O–H groups in total. The Hall–Kier alpha value is -3.44. The maximum absolute atomic E-state index is 12.6. The summed E-state index contributed by atoms with van der Waals surface area (Å²) in [6.45, 7) is 2.01. The van der Waals surface area contributed by atoms with Gasteiger partial charge in [-0.15, -0.1) is 11.3 Å². The number of thiophene rings is 1. The zero-order chi connectivity index (χ0) is 24.8. The minimum absolute atomic E-state index is 0.0434. The Balaban J connectivity index is 1.67. The van der Waals surface area contributed by atoms with Crippen LogP contribution in [-0.4, -0.2) is 48.1 Å². The quantitative estimate of drug-likeness (QED) is 0.376. The second-order valence-corrected chi connectivity index (χ2v) is 8.73. The van der Waals surface area contributed by atoms with Crippen molar-refractivity contribution in [2.45, 2.75) is 32.4 Å². The SMILES string of the molecule is COC(=O)CCC(NC(=O)c1ccc(NCc2ccc3nc(C)[nH]c(=O)c3c2Cl)s1)C(=O)OC. The molecule has 0 aliphatic carbocycles.